The molecule has 1 saturated carbocycles. The number of rotatable bonds is 1. The first kappa shape index (κ1) is 9.40. The minimum absolute atomic E-state index is 0.0268. The molecule has 1 aromatic rings. The molecule has 2 atom stereocenters. The molecule has 3 rings (SSSR count). The molecule has 3 heteroatoms. The van der Waals surface area contributed by atoms with Gasteiger partial charge in [0.25, 0.3) is 0 Å². The number of halogens is 1. The maximum absolute atomic E-state index is 11.8. The number of carbonyl (C=O) groups is 1. The van der Waals surface area contributed by atoms with Crippen LogP contribution in [0.15, 0.2) is 28.7 Å². The number of hydrogen-bond donors (Lipinski definition) is 0. The lowest BCUT2D eigenvalue weighted by Gasteiger charge is -2.21. The Morgan fingerprint density at radius 1 is 1.33 bits per heavy atom. The van der Waals surface area contributed by atoms with Crippen LogP contribution in [0.5, 0.6) is 0 Å². The molecule has 2 aliphatic rings. The van der Waals surface area contributed by atoms with Gasteiger partial charge in [-0.3, -0.25) is 4.79 Å². The fourth-order valence-corrected chi connectivity index (χ4v) is 2.83. The van der Waals surface area contributed by atoms with E-state index >= 15 is 0 Å². The Labute approximate surface area is 96.8 Å². The van der Waals surface area contributed by atoms with Crippen molar-refractivity contribution < 1.29 is 9.53 Å². The van der Waals surface area contributed by atoms with Crippen LogP contribution in [0.25, 0.3) is 0 Å². The predicted octanol–water partition coefficient (Wildman–Crippen LogP) is 2.65. The Balaban J connectivity index is 2.00. The summed E-state index contributed by atoms with van der Waals surface area (Å²) >= 11 is 3.40. The number of benzene rings is 1. The first-order valence-corrected chi connectivity index (χ1v) is 5.96. The van der Waals surface area contributed by atoms with Gasteiger partial charge in [0, 0.05) is 4.47 Å². The standard InChI is InChI=1S/C12H11BrO2/c13-10-3-1-8(2-4-10)12-7-9(12)5-6-15-11(12)14/h1-4,9H,5-7H2. The summed E-state index contributed by atoms with van der Waals surface area (Å²) in [7, 11) is 0. The normalized spacial score (nSPS) is 33.1. The second-order valence-corrected chi connectivity index (χ2v) is 5.22. The van der Waals surface area contributed by atoms with Crippen molar-refractivity contribution in [2.75, 3.05) is 6.61 Å². The summed E-state index contributed by atoms with van der Waals surface area (Å²) in [6, 6.07) is 8.02. The molecule has 0 amide bonds. The number of cyclic esters (lactones) is 1. The molecular weight excluding hydrogens is 256 g/mol. The third kappa shape index (κ3) is 1.26. The summed E-state index contributed by atoms with van der Waals surface area (Å²) in [6.45, 7) is 0.599. The van der Waals surface area contributed by atoms with E-state index < -0.39 is 0 Å². The highest BCUT2D eigenvalue weighted by Gasteiger charge is 2.63. The Kier molecular flexibility index (Phi) is 1.93. The second kappa shape index (κ2) is 3.08. The van der Waals surface area contributed by atoms with Gasteiger partial charge in [-0.15, -0.1) is 0 Å². The highest BCUT2D eigenvalue weighted by Crippen LogP contribution is 2.58. The van der Waals surface area contributed by atoms with Crippen molar-refractivity contribution in [3.63, 3.8) is 0 Å². The van der Waals surface area contributed by atoms with E-state index in [-0.39, 0.29) is 11.4 Å². The highest BCUT2D eigenvalue weighted by atomic mass is 79.9. The largest absolute Gasteiger partial charge is 0.465 e. The summed E-state index contributed by atoms with van der Waals surface area (Å²) in [5, 5.41) is 0. The molecule has 15 heavy (non-hydrogen) atoms. The van der Waals surface area contributed by atoms with E-state index in [0.29, 0.717) is 12.5 Å². The van der Waals surface area contributed by atoms with Crippen LogP contribution >= 0.6 is 15.9 Å². The third-order valence-electron chi connectivity index (χ3n) is 3.53. The Morgan fingerprint density at radius 3 is 2.73 bits per heavy atom. The van der Waals surface area contributed by atoms with Crippen molar-refractivity contribution in [2.24, 2.45) is 5.92 Å². The van der Waals surface area contributed by atoms with E-state index in [4.69, 9.17) is 4.74 Å². The third-order valence-corrected chi connectivity index (χ3v) is 4.06. The quantitative estimate of drug-likeness (QED) is 0.731. The maximum Gasteiger partial charge on any atom is 0.316 e. The van der Waals surface area contributed by atoms with Crippen molar-refractivity contribution in [1.29, 1.82) is 0 Å². The van der Waals surface area contributed by atoms with E-state index in [1.807, 2.05) is 24.3 Å². The van der Waals surface area contributed by atoms with Gasteiger partial charge in [0.15, 0.2) is 0 Å². The van der Waals surface area contributed by atoms with E-state index in [9.17, 15) is 4.79 Å². The van der Waals surface area contributed by atoms with Gasteiger partial charge in [0.1, 0.15) is 0 Å². The maximum atomic E-state index is 11.8. The van der Waals surface area contributed by atoms with Crippen LogP contribution < -0.4 is 0 Å². The summed E-state index contributed by atoms with van der Waals surface area (Å²) in [5.41, 5.74) is 0.819. The number of ether oxygens (including phenoxy) is 1. The van der Waals surface area contributed by atoms with E-state index in [0.717, 1.165) is 22.9 Å². The molecule has 78 valence electrons. The Morgan fingerprint density at radius 2 is 2.07 bits per heavy atom. The van der Waals surface area contributed by atoms with E-state index in [1.54, 1.807) is 0 Å². The first-order chi connectivity index (χ1) is 7.23. The molecule has 0 spiro atoms. The lowest BCUT2D eigenvalue weighted by atomic mass is 9.91. The zero-order valence-electron chi connectivity index (χ0n) is 8.20. The molecule has 0 aromatic heterocycles. The van der Waals surface area contributed by atoms with Crippen molar-refractivity contribution in [1.82, 2.24) is 0 Å². The number of fused-ring (bicyclic) bond motifs is 1. The van der Waals surface area contributed by atoms with Gasteiger partial charge in [0.2, 0.25) is 0 Å². The van der Waals surface area contributed by atoms with Gasteiger partial charge < -0.3 is 4.74 Å². The van der Waals surface area contributed by atoms with Gasteiger partial charge in [-0.1, -0.05) is 28.1 Å². The number of carbonyl (C=O) groups excluding carboxylic acids is 1. The summed E-state index contributed by atoms with van der Waals surface area (Å²) < 4.78 is 6.21. The molecule has 2 unspecified atom stereocenters. The zero-order valence-corrected chi connectivity index (χ0v) is 9.79. The molecule has 1 heterocycles. The molecule has 1 aliphatic carbocycles. The first-order valence-electron chi connectivity index (χ1n) is 5.17. The minimum Gasteiger partial charge on any atom is -0.465 e. The molecule has 2 fully saturated rings. The second-order valence-electron chi connectivity index (χ2n) is 4.30. The van der Waals surface area contributed by atoms with Gasteiger partial charge in [-0.05, 0) is 36.5 Å². The van der Waals surface area contributed by atoms with Crippen LogP contribution in [0.2, 0.25) is 0 Å². The fourth-order valence-electron chi connectivity index (χ4n) is 2.57. The van der Waals surface area contributed by atoms with Crippen molar-refractivity contribution in [3.8, 4) is 0 Å². The predicted molar refractivity (Wildman–Crippen MR) is 59.5 cm³/mol. The monoisotopic (exact) mass is 266 g/mol. The van der Waals surface area contributed by atoms with E-state index in [1.165, 1.54) is 0 Å². The zero-order chi connectivity index (χ0) is 10.5. The lowest BCUT2D eigenvalue weighted by molar-refractivity contribution is -0.150. The molecule has 0 bridgehead atoms. The lowest BCUT2D eigenvalue weighted by Crippen LogP contribution is -2.30. The van der Waals surface area contributed by atoms with Crippen LogP contribution in [-0.4, -0.2) is 12.6 Å². The summed E-state index contributed by atoms with van der Waals surface area (Å²) in [5.74, 6) is 0.487. The Bertz CT molecular complexity index is 412. The van der Waals surface area contributed by atoms with Crippen LogP contribution in [-0.2, 0) is 14.9 Å². The van der Waals surface area contributed by atoms with Crippen LogP contribution in [0, 0.1) is 5.92 Å². The van der Waals surface area contributed by atoms with Gasteiger partial charge in [-0.2, -0.15) is 0 Å². The van der Waals surface area contributed by atoms with Crippen LogP contribution in [0.1, 0.15) is 18.4 Å². The van der Waals surface area contributed by atoms with Crippen molar-refractivity contribution >= 4 is 21.9 Å². The van der Waals surface area contributed by atoms with Gasteiger partial charge in [0.05, 0.1) is 12.0 Å². The SMILES string of the molecule is O=C1OCCC2CC12c1ccc(Br)cc1. The van der Waals surface area contributed by atoms with Crippen molar-refractivity contribution in [2.45, 2.75) is 18.3 Å². The van der Waals surface area contributed by atoms with Crippen LogP contribution in [0.4, 0.5) is 0 Å². The highest BCUT2D eigenvalue weighted by molar-refractivity contribution is 9.10. The topological polar surface area (TPSA) is 26.3 Å². The average Bonchev–Trinajstić information content (AvgIpc) is 2.96. The molecule has 1 aromatic carbocycles. The smallest absolute Gasteiger partial charge is 0.316 e. The molecule has 1 aliphatic heterocycles. The summed E-state index contributed by atoms with van der Waals surface area (Å²) in [4.78, 5) is 11.8. The summed E-state index contributed by atoms with van der Waals surface area (Å²) in [6.07, 6.45) is 1.98. The molecule has 1 saturated heterocycles. The Hall–Kier alpha value is -0.830. The fraction of sp³-hybridized carbons (Fsp3) is 0.417. The number of esters is 1. The molecule has 0 N–H and O–H groups in total. The molecule has 0 radical (unpaired) electrons. The molecular formula is C12H11BrO2. The average molecular weight is 267 g/mol. The van der Waals surface area contributed by atoms with E-state index in [2.05, 4.69) is 15.9 Å². The van der Waals surface area contributed by atoms with Gasteiger partial charge in [-0.25, -0.2) is 0 Å². The number of hydrogen-bond acceptors (Lipinski definition) is 2. The van der Waals surface area contributed by atoms with Crippen LogP contribution in [0.3, 0.4) is 0 Å². The molecule has 2 nitrogen and oxygen atoms in total. The van der Waals surface area contributed by atoms with Gasteiger partial charge >= 0.3 is 5.97 Å². The van der Waals surface area contributed by atoms with Crippen molar-refractivity contribution in [3.05, 3.63) is 34.3 Å². The minimum atomic E-state index is -0.293.